The molecule has 0 saturated carbocycles. The molecule has 0 fully saturated rings. The molecule has 0 atom stereocenters. The molecule has 162 valence electrons. The second-order valence-electron chi connectivity index (χ2n) is 6.73. The van der Waals surface area contributed by atoms with Gasteiger partial charge in [0, 0.05) is 11.1 Å². The summed E-state index contributed by atoms with van der Waals surface area (Å²) in [6, 6.07) is 9.62. The number of carbonyl (C=O) groups excluding carboxylic acids is 2. The first-order valence-corrected chi connectivity index (χ1v) is 9.15. The van der Waals surface area contributed by atoms with Gasteiger partial charge in [0.15, 0.2) is 6.61 Å². The molecule has 1 amide bonds. The zero-order valence-corrected chi connectivity index (χ0v) is 16.6. The lowest BCUT2D eigenvalue weighted by Crippen LogP contribution is -2.30. The van der Waals surface area contributed by atoms with Gasteiger partial charge in [-0.3, -0.25) is 9.59 Å². The van der Waals surface area contributed by atoms with E-state index in [1.165, 1.54) is 12.1 Å². The van der Waals surface area contributed by atoms with Crippen molar-refractivity contribution in [3.8, 4) is 11.4 Å². The number of benzene rings is 2. The maximum absolute atomic E-state index is 12.8. The van der Waals surface area contributed by atoms with Crippen LogP contribution < -0.4 is 5.32 Å². The van der Waals surface area contributed by atoms with Crippen LogP contribution in [0.1, 0.15) is 32.9 Å². The fourth-order valence-electron chi connectivity index (χ4n) is 2.60. The van der Waals surface area contributed by atoms with Gasteiger partial charge in [0.25, 0.3) is 11.8 Å². The van der Waals surface area contributed by atoms with Crippen molar-refractivity contribution < 1.29 is 32.0 Å². The van der Waals surface area contributed by atoms with Crippen LogP contribution in [0.4, 0.5) is 13.2 Å². The lowest BCUT2D eigenvalue weighted by Gasteiger charge is -2.07. The van der Waals surface area contributed by atoms with Crippen molar-refractivity contribution in [3.05, 3.63) is 70.6 Å². The third-order valence-electron chi connectivity index (χ3n) is 4.44. The molecule has 31 heavy (non-hydrogen) atoms. The number of carbonyl (C=O) groups is 2. The summed E-state index contributed by atoms with van der Waals surface area (Å²) in [4.78, 5) is 27.9. The summed E-state index contributed by atoms with van der Waals surface area (Å²) in [5, 5.41) is 6.05. The Morgan fingerprint density at radius 3 is 2.58 bits per heavy atom. The Hall–Kier alpha value is -3.69. The summed E-state index contributed by atoms with van der Waals surface area (Å²) < 4.78 is 48.3. The van der Waals surface area contributed by atoms with Crippen LogP contribution in [0.15, 0.2) is 47.0 Å². The van der Waals surface area contributed by atoms with E-state index in [-0.39, 0.29) is 30.4 Å². The highest BCUT2D eigenvalue weighted by molar-refractivity contribution is 5.96. The Morgan fingerprint density at radius 1 is 1.10 bits per heavy atom. The number of hydrogen-bond donors (Lipinski definition) is 1. The van der Waals surface area contributed by atoms with Crippen LogP contribution in [0, 0.1) is 13.8 Å². The molecule has 3 rings (SSSR count). The van der Waals surface area contributed by atoms with Gasteiger partial charge in [-0.15, -0.1) is 0 Å². The van der Waals surface area contributed by atoms with Gasteiger partial charge in [0.05, 0.1) is 5.56 Å². The maximum Gasteiger partial charge on any atom is 0.416 e. The van der Waals surface area contributed by atoms with E-state index in [0.717, 1.165) is 23.3 Å². The van der Waals surface area contributed by atoms with Crippen molar-refractivity contribution in [3.63, 3.8) is 0 Å². The summed E-state index contributed by atoms with van der Waals surface area (Å²) >= 11 is 0. The van der Waals surface area contributed by atoms with Gasteiger partial charge >= 0.3 is 12.1 Å². The number of esters is 1. The SMILES string of the molecule is Cc1ccc(C(=O)NCC(=O)OCc2nc(-c3cccc(C(F)(F)F)c3)no2)cc1C. The average molecular weight is 433 g/mol. The van der Waals surface area contributed by atoms with Crippen LogP contribution in [0.3, 0.4) is 0 Å². The van der Waals surface area contributed by atoms with Gasteiger partial charge in [-0.2, -0.15) is 18.2 Å². The Labute approximate surface area is 175 Å². The molecule has 0 spiro atoms. The number of nitrogens with one attached hydrogen (secondary N) is 1. The number of aromatic nitrogens is 2. The van der Waals surface area contributed by atoms with E-state index in [1.807, 2.05) is 13.8 Å². The standard InChI is InChI=1S/C21H18F3N3O4/c1-12-6-7-15(8-13(12)2)20(29)25-10-18(28)30-11-17-26-19(27-31-17)14-4-3-5-16(9-14)21(22,23)24/h3-9H,10-11H2,1-2H3,(H,25,29). The van der Waals surface area contributed by atoms with Crippen molar-refractivity contribution in [2.24, 2.45) is 0 Å². The monoisotopic (exact) mass is 433 g/mol. The van der Waals surface area contributed by atoms with Crippen LogP contribution in [0.2, 0.25) is 0 Å². The minimum atomic E-state index is -4.50. The molecule has 0 aliphatic heterocycles. The number of halogens is 3. The molecule has 1 heterocycles. The van der Waals surface area contributed by atoms with E-state index in [0.29, 0.717) is 5.56 Å². The molecule has 0 radical (unpaired) electrons. The van der Waals surface area contributed by atoms with Crippen LogP contribution in [0.5, 0.6) is 0 Å². The Balaban J connectivity index is 1.53. The molecule has 1 aromatic heterocycles. The molecule has 10 heteroatoms. The molecule has 0 unspecified atom stereocenters. The van der Waals surface area contributed by atoms with Gasteiger partial charge in [-0.05, 0) is 49.2 Å². The zero-order valence-electron chi connectivity index (χ0n) is 16.6. The van der Waals surface area contributed by atoms with Crippen LogP contribution in [0.25, 0.3) is 11.4 Å². The molecule has 0 aliphatic rings. The second kappa shape index (κ2) is 8.99. The third-order valence-corrected chi connectivity index (χ3v) is 4.44. The first kappa shape index (κ1) is 22.0. The number of rotatable bonds is 6. The van der Waals surface area contributed by atoms with Crippen LogP contribution >= 0.6 is 0 Å². The molecule has 3 aromatic rings. The topological polar surface area (TPSA) is 94.3 Å². The summed E-state index contributed by atoms with van der Waals surface area (Å²) in [6.07, 6.45) is -4.50. The van der Waals surface area contributed by atoms with E-state index in [4.69, 9.17) is 9.26 Å². The molecule has 0 bridgehead atoms. The average Bonchev–Trinajstić information content (AvgIpc) is 3.21. The van der Waals surface area contributed by atoms with E-state index < -0.39 is 23.6 Å². The smallest absolute Gasteiger partial charge is 0.416 e. The van der Waals surface area contributed by atoms with Crippen molar-refractivity contribution in [2.75, 3.05) is 6.54 Å². The van der Waals surface area contributed by atoms with Crippen molar-refractivity contribution >= 4 is 11.9 Å². The largest absolute Gasteiger partial charge is 0.454 e. The lowest BCUT2D eigenvalue weighted by atomic mass is 10.1. The predicted molar refractivity (Wildman–Crippen MR) is 103 cm³/mol. The van der Waals surface area contributed by atoms with Gasteiger partial charge in [0.1, 0.15) is 6.54 Å². The minimum Gasteiger partial charge on any atom is -0.454 e. The molecule has 2 aromatic carbocycles. The summed E-state index contributed by atoms with van der Waals surface area (Å²) in [6.45, 7) is 3.04. The second-order valence-corrected chi connectivity index (χ2v) is 6.73. The fourth-order valence-corrected chi connectivity index (χ4v) is 2.60. The summed E-state index contributed by atoms with van der Waals surface area (Å²) in [5.74, 6) is -1.33. The fraction of sp³-hybridized carbons (Fsp3) is 0.238. The van der Waals surface area contributed by atoms with E-state index >= 15 is 0 Å². The molecule has 1 N–H and O–H groups in total. The summed E-state index contributed by atoms with van der Waals surface area (Å²) in [5.41, 5.74) is 1.67. The predicted octanol–water partition coefficient (Wildman–Crippen LogP) is 3.85. The highest BCUT2D eigenvalue weighted by atomic mass is 19.4. The number of aryl methyl sites for hydroxylation is 2. The number of alkyl halides is 3. The van der Waals surface area contributed by atoms with Crippen molar-refractivity contribution in [1.82, 2.24) is 15.5 Å². The maximum atomic E-state index is 12.8. The van der Waals surface area contributed by atoms with Gasteiger partial charge < -0.3 is 14.6 Å². The minimum absolute atomic E-state index is 0.0693. The van der Waals surface area contributed by atoms with Crippen molar-refractivity contribution in [1.29, 1.82) is 0 Å². The zero-order chi connectivity index (χ0) is 22.6. The quantitative estimate of drug-likeness (QED) is 0.594. The first-order valence-electron chi connectivity index (χ1n) is 9.15. The van der Waals surface area contributed by atoms with Gasteiger partial charge in [-0.25, -0.2) is 0 Å². The normalized spacial score (nSPS) is 11.3. The number of ether oxygens (including phenoxy) is 1. The third kappa shape index (κ3) is 5.68. The highest BCUT2D eigenvalue weighted by Crippen LogP contribution is 2.31. The number of hydrogen-bond acceptors (Lipinski definition) is 6. The lowest BCUT2D eigenvalue weighted by molar-refractivity contribution is -0.144. The molecule has 7 nitrogen and oxygen atoms in total. The number of amides is 1. The number of nitrogens with zero attached hydrogens (tertiary/aromatic N) is 2. The Morgan fingerprint density at radius 2 is 1.87 bits per heavy atom. The molecule has 0 saturated heterocycles. The van der Waals surface area contributed by atoms with E-state index in [1.54, 1.807) is 18.2 Å². The van der Waals surface area contributed by atoms with E-state index in [2.05, 4.69) is 15.5 Å². The highest BCUT2D eigenvalue weighted by Gasteiger charge is 2.30. The molecular weight excluding hydrogens is 415 g/mol. The first-order chi connectivity index (χ1) is 14.6. The molecular formula is C21H18F3N3O4. The summed E-state index contributed by atoms with van der Waals surface area (Å²) in [7, 11) is 0. The van der Waals surface area contributed by atoms with Gasteiger partial charge in [0.2, 0.25) is 5.82 Å². The Bertz CT molecular complexity index is 1110. The van der Waals surface area contributed by atoms with Gasteiger partial charge in [-0.1, -0.05) is 23.4 Å². The molecule has 0 aliphatic carbocycles. The van der Waals surface area contributed by atoms with Crippen LogP contribution in [-0.4, -0.2) is 28.6 Å². The van der Waals surface area contributed by atoms with Crippen LogP contribution in [-0.2, 0) is 22.3 Å². The Kier molecular flexibility index (Phi) is 6.38. The van der Waals surface area contributed by atoms with E-state index in [9.17, 15) is 22.8 Å². The van der Waals surface area contributed by atoms with Crippen molar-refractivity contribution in [2.45, 2.75) is 26.6 Å².